The summed E-state index contributed by atoms with van der Waals surface area (Å²) in [5.41, 5.74) is 1.21. The second-order valence-corrected chi connectivity index (χ2v) is 7.62. The van der Waals surface area contributed by atoms with Crippen molar-refractivity contribution in [2.24, 2.45) is 5.41 Å². The van der Waals surface area contributed by atoms with Crippen LogP contribution in [0.5, 0.6) is 0 Å². The molecule has 0 saturated carbocycles. The highest BCUT2D eigenvalue weighted by molar-refractivity contribution is 9.10. The van der Waals surface area contributed by atoms with E-state index in [2.05, 4.69) is 41.7 Å². The smallest absolute Gasteiger partial charge is 0.359 e. The summed E-state index contributed by atoms with van der Waals surface area (Å²) in [4.78, 5) is 16.7. The average Bonchev–Trinajstić information content (AvgIpc) is 2.75. The average molecular weight is 400 g/mol. The predicted octanol–water partition coefficient (Wildman–Crippen LogP) is 5.05. The Bertz CT molecular complexity index is 703. The van der Waals surface area contributed by atoms with Crippen molar-refractivity contribution >= 4 is 33.5 Å². The van der Waals surface area contributed by atoms with Crippen molar-refractivity contribution < 1.29 is 9.53 Å². The predicted molar refractivity (Wildman–Crippen MR) is 95.4 cm³/mol. The van der Waals surface area contributed by atoms with Crippen molar-refractivity contribution in [3.05, 3.63) is 45.4 Å². The molecule has 0 radical (unpaired) electrons. The van der Waals surface area contributed by atoms with Crippen LogP contribution in [0.4, 0.5) is 0 Å². The molecule has 0 aliphatic heterocycles. The Kier molecular flexibility index (Phi) is 5.53. The topological polar surface area (TPSA) is 44.1 Å². The van der Waals surface area contributed by atoms with Crippen molar-refractivity contribution in [3.63, 3.8) is 0 Å². The number of imidazole rings is 1. The van der Waals surface area contributed by atoms with E-state index in [4.69, 9.17) is 16.3 Å². The molecule has 0 bridgehead atoms. The summed E-state index contributed by atoms with van der Waals surface area (Å²) in [5.74, 6) is 0.372. The standard InChI is InChI=1S/C17H20BrClN2O2/c1-5-23-16(22)14-15(18)21(12-8-6-11(19)7-9-12)13(20-14)10-17(2,3)4/h6-9H,5,10H2,1-4H3. The summed E-state index contributed by atoms with van der Waals surface area (Å²) >= 11 is 9.47. The minimum Gasteiger partial charge on any atom is -0.461 e. The zero-order valence-corrected chi connectivity index (χ0v) is 16.0. The van der Waals surface area contributed by atoms with Crippen LogP contribution in [0.25, 0.3) is 5.69 Å². The van der Waals surface area contributed by atoms with Gasteiger partial charge < -0.3 is 4.74 Å². The normalized spacial score (nSPS) is 11.6. The lowest BCUT2D eigenvalue weighted by Gasteiger charge is -2.19. The Morgan fingerprint density at radius 3 is 2.43 bits per heavy atom. The van der Waals surface area contributed by atoms with E-state index < -0.39 is 5.97 Å². The van der Waals surface area contributed by atoms with Crippen molar-refractivity contribution in [3.8, 4) is 5.69 Å². The van der Waals surface area contributed by atoms with E-state index in [1.807, 2.05) is 28.8 Å². The maximum absolute atomic E-state index is 12.1. The van der Waals surface area contributed by atoms with Crippen LogP contribution in [0, 0.1) is 5.41 Å². The molecule has 0 saturated heterocycles. The first kappa shape index (κ1) is 18.0. The van der Waals surface area contributed by atoms with E-state index in [0.717, 1.165) is 11.5 Å². The number of rotatable bonds is 4. The van der Waals surface area contributed by atoms with Crippen LogP contribution in [0.1, 0.15) is 44.0 Å². The third-order valence-corrected chi connectivity index (χ3v) is 4.11. The largest absolute Gasteiger partial charge is 0.461 e. The molecule has 2 rings (SSSR count). The molecule has 1 aromatic carbocycles. The van der Waals surface area contributed by atoms with Crippen LogP contribution >= 0.6 is 27.5 Å². The van der Waals surface area contributed by atoms with Gasteiger partial charge in [-0.2, -0.15) is 0 Å². The highest BCUT2D eigenvalue weighted by Gasteiger charge is 2.25. The van der Waals surface area contributed by atoms with Crippen LogP contribution < -0.4 is 0 Å². The molecule has 0 aliphatic carbocycles. The van der Waals surface area contributed by atoms with Gasteiger partial charge in [0.2, 0.25) is 0 Å². The van der Waals surface area contributed by atoms with Crippen LogP contribution in [-0.4, -0.2) is 22.1 Å². The number of carbonyl (C=O) groups is 1. The van der Waals surface area contributed by atoms with Gasteiger partial charge in [0.25, 0.3) is 0 Å². The molecule has 0 fully saturated rings. The molecule has 0 N–H and O–H groups in total. The lowest BCUT2D eigenvalue weighted by atomic mass is 9.92. The van der Waals surface area contributed by atoms with Crippen LogP contribution in [0.15, 0.2) is 28.9 Å². The molecule has 0 amide bonds. The quantitative estimate of drug-likeness (QED) is 0.675. The van der Waals surface area contributed by atoms with E-state index in [-0.39, 0.29) is 5.41 Å². The van der Waals surface area contributed by atoms with E-state index in [0.29, 0.717) is 28.3 Å². The lowest BCUT2D eigenvalue weighted by molar-refractivity contribution is 0.0518. The van der Waals surface area contributed by atoms with Gasteiger partial charge >= 0.3 is 5.97 Å². The van der Waals surface area contributed by atoms with Crippen molar-refractivity contribution in [2.75, 3.05) is 6.61 Å². The first-order valence-electron chi connectivity index (χ1n) is 7.43. The van der Waals surface area contributed by atoms with E-state index >= 15 is 0 Å². The number of aromatic nitrogens is 2. The van der Waals surface area contributed by atoms with Gasteiger partial charge in [-0.3, -0.25) is 4.57 Å². The Morgan fingerprint density at radius 1 is 1.30 bits per heavy atom. The number of hydrogen-bond acceptors (Lipinski definition) is 3. The van der Waals surface area contributed by atoms with Gasteiger partial charge in [-0.05, 0) is 52.5 Å². The minimum absolute atomic E-state index is 0.0287. The molecular formula is C17H20BrClN2O2. The summed E-state index contributed by atoms with van der Waals surface area (Å²) < 4.78 is 7.62. The Morgan fingerprint density at radius 2 is 1.91 bits per heavy atom. The summed E-state index contributed by atoms with van der Waals surface area (Å²) in [7, 11) is 0. The van der Waals surface area contributed by atoms with Gasteiger partial charge in [-0.1, -0.05) is 32.4 Å². The second-order valence-electron chi connectivity index (χ2n) is 6.44. The monoisotopic (exact) mass is 398 g/mol. The third kappa shape index (κ3) is 4.36. The Labute approximate surface area is 149 Å². The molecule has 0 spiro atoms. The van der Waals surface area contributed by atoms with E-state index in [1.54, 1.807) is 6.92 Å². The van der Waals surface area contributed by atoms with E-state index in [9.17, 15) is 4.79 Å². The van der Waals surface area contributed by atoms with Gasteiger partial charge in [0.15, 0.2) is 5.69 Å². The first-order chi connectivity index (χ1) is 10.7. The zero-order chi connectivity index (χ0) is 17.2. The third-order valence-electron chi connectivity index (χ3n) is 3.13. The fourth-order valence-electron chi connectivity index (χ4n) is 2.22. The highest BCUT2D eigenvalue weighted by Crippen LogP contribution is 2.29. The first-order valence-corrected chi connectivity index (χ1v) is 8.60. The molecule has 0 atom stereocenters. The Hall–Kier alpha value is -1.33. The molecule has 124 valence electrons. The van der Waals surface area contributed by atoms with Crippen molar-refractivity contribution in [2.45, 2.75) is 34.1 Å². The van der Waals surface area contributed by atoms with Crippen LogP contribution in [-0.2, 0) is 11.2 Å². The van der Waals surface area contributed by atoms with Gasteiger partial charge in [0.1, 0.15) is 10.4 Å². The fraction of sp³-hybridized carbons (Fsp3) is 0.412. The summed E-state index contributed by atoms with van der Waals surface area (Å²) in [6, 6.07) is 7.42. The SMILES string of the molecule is CCOC(=O)c1nc(CC(C)(C)C)n(-c2ccc(Cl)cc2)c1Br. The molecule has 4 nitrogen and oxygen atoms in total. The summed E-state index contributed by atoms with van der Waals surface area (Å²) in [5, 5.41) is 0.660. The number of halogens is 2. The van der Waals surface area contributed by atoms with Gasteiger partial charge in [0.05, 0.1) is 6.61 Å². The number of hydrogen-bond donors (Lipinski definition) is 0. The number of nitrogens with zero attached hydrogens (tertiary/aromatic N) is 2. The molecule has 2 aromatic rings. The molecule has 0 unspecified atom stereocenters. The summed E-state index contributed by atoms with van der Waals surface area (Å²) in [6.45, 7) is 8.48. The number of esters is 1. The maximum atomic E-state index is 12.1. The maximum Gasteiger partial charge on any atom is 0.359 e. The molecular weight excluding hydrogens is 380 g/mol. The number of ether oxygens (including phenoxy) is 1. The molecule has 0 aliphatic rings. The number of carbonyl (C=O) groups excluding carboxylic acids is 1. The van der Waals surface area contributed by atoms with Crippen molar-refractivity contribution in [1.29, 1.82) is 0 Å². The van der Waals surface area contributed by atoms with Gasteiger partial charge in [0, 0.05) is 17.1 Å². The zero-order valence-electron chi connectivity index (χ0n) is 13.7. The van der Waals surface area contributed by atoms with Crippen molar-refractivity contribution in [1.82, 2.24) is 9.55 Å². The van der Waals surface area contributed by atoms with E-state index in [1.165, 1.54) is 0 Å². The van der Waals surface area contributed by atoms with Crippen LogP contribution in [0.2, 0.25) is 5.02 Å². The molecule has 23 heavy (non-hydrogen) atoms. The highest BCUT2D eigenvalue weighted by atomic mass is 79.9. The molecule has 1 heterocycles. The van der Waals surface area contributed by atoms with Gasteiger partial charge in [-0.15, -0.1) is 0 Å². The summed E-state index contributed by atoms with van der Waals surface area (Å²) in [6.07, 6.45) is 0.716. The lowest BCUT2D eigenvalue weighted by Crippen LogP contribution is -2.14. The number of benzene rings is 1. The molecule has 6 heteroatoms. The van der Waals surface area contributed by atoms with Crippen LogP contribution in [0.3, 0.4) is 0 Å². The molecule has 1 aromatic heterocycles. The van der Waals surface area contributed by atoms with Gasteiger partial charge in [-0.25, -0.2) is 9.78 Å². The second kappa shape index (κ2) is 7.05. The Balaban J connectivity index is 2.57. The minimum atomic E-state index is -0.428. The fourth-order valence-corrected chi connectivity index (χ4v) is 3.01.